The predicted octanol–water partition coefficient (Wildman–Crippen LogP) is 3.02. The maximum Gasteiger partial charge on any atom is 0.260 e. The van der Waals surface area contributed by atoms with Gasteiger partial charge in [-0.25, -0.2) is 0 Å². The van der Waals surface area contributed by atoms with Crippen molar-refractivity contribution < 1.29 is 19.0 Å². The third-order valence-corrected chi connectivity index (χ3v) is 3.90. The molecule has 2 aromatic rings. The number of likely N-dealkylation sites (N-methyl/N-ethyl adjacent to an activating group) is 1. The minimum Gasteiger partial charge on any atom is -0.486 e. The van der Waals surface area contributed by atoms with Crippen LogP contribution in [-0.2, 0) is 4.79 Å². The highest BCUT2D eigenvalue weighted by Crippen LogP contribution is 2.30. The van der Waals surface area contributed by atoms with E-state index in [0.717, 1.165) is 5.75 Å². The molecule has 2 aromatic carbocycles. The molecule has 0 aromatic heterocycles. The van der Waals surface area contributed by atoms with Crippen LogP contribution in [0.2, 0.25) is 5.02 Å². The minimum absolute atomic E-state index is 0.0394. The lowest BCUT2D eigenvalue weighted by atomic mass is 10.2. The zero-order chi connectivity index (χ0) is 16.9. The Morgan fingerprint density at radius 2 is 1.92 bits per heavy atom. The van der Waals surface area contributed by atoms with Crippen LogP contribution in [0.1, 0.15) is 0 Å². The van der Waals surface area contributed by atoms with Crippen molar-refractivity contribution in [2.45, 2.75) is 6.10 Å². The van der Waals surface area contributed by atoms with Gasteiger partial charge in [-0.3, -0.25) is 4.79 Å². The molecular weight excluding hydrogens is 330 g/mol. The van der Waals surface area contributed by atoms with Crippen LogP contribution in [0.3, 0.4) is 0 Å². The van der Waals surface area contributed by atoms with E-state index in [4.69, 9.17) is 25.8 Å². The molecule has 0 saturated heterocycles. The molecule has 126 valence electrons. The van der Waals surface area contributed by atoms with Crippen LogP contribution in [0.15, 0.2) is 48.5 Å². The Morgan fingerprint density at radius 3 is 2.67 bits per heavy atom. The Hall–Kier alpha value is -2.40. The van der Waals surface area contributed by atoms with Gasteiger partial charge in [-0.1, -0.05) is 23.7 Å². The van der Waals surface area contributed by atoms with E-state index in [2.05, 4.69) is 0 Å². The Balaban J connectivity index is 1.49. The summed E-state index contributed by atoms with van der Waals surface area (Å²) < 4.78 is 17.0. The summed E-state index contributed by atoms with van der Waals surface area (Å²) in [5.74, 6) is 1.90. The number of amides is 1. The summed E-state index contributed by atoms with van der Waals surface area (Å²) >= 11 is 5.81. The van der Waals surface area contributed by atoms with Gasteiger partial charge < -0.3 is 19.1 Å². The normalized spacial score (nSPS) is 15.7. The molecule has 0 aliphatic carbocycles. The third-order valence-electron chi connectivity index (χ3n) is 3.65. The van der Waals surface area contributed by atoms with Crippen molar-refractivity contribution in [1.82, 2.24) is 4.90 Å². The average Bonchev–Trinajstić information content (AvgIpc) is 2.61. The van der Waals surface area contributed by atoms with Gasteiger partial charge in [-0.15, -0.1) is 0 Å². The van der Waals surface area contributed by atoms with Gasteiger partial charge in [0.05, 0.1) is 6.54 Å². The fourth-order valence-corrected chi connectivity index (χ4v) is 2.47. The molecule has 1 atom stereocenters. The SMILES string of the molecule is CN(CC1COc2ccccc2O1)C(=O)COc1ccc(Cl)cc1. The number of para-hydroxylation sites is 2. The van der Waals surface area contributed by atoms with E-state index in [1.54, 1.807) is 36.2 Å². The van der Waals surface area contributed by atoms with E-state index in [9.17, 15) is 4.79 Å². The van der Waals surface area contributed by atoms with Gasteiger partial charge in [0.1, 0.15) is 12.4 Å². The van der Waals surface area contributed by atoms with Gasteiger partial charge in [-0.2, -0.15) is 0 Å². The summed E-state index contributed by atoms with van der Waals surface area (Å²) in [4.78, 5) is 13.8. The molecule has 1 aliphatic rings. The Labute approximate surface area is 145 Å². The van der Waals surface area contributed by atoms with Gasteiger partial charge in [0.15, 0.2) is 24.2 Å². The van der Waals surface area contributed by atoms with Crippen LogP contribution in [-0.4, -0.2) is 43.7 Å². The predicted molar refractivity (Wildman–Crippen MR) is 90.9 cm³/mol. The topological polar surface area (TPSA) is 48.0 Å². The van der Waals surface area contributed by atoms with Crippen LogP contribution >= 0.6 is 11.6 Å². The molecule has 24 heavy (non-hydrogen) atoms. The first-order chi connectivity index (χ1) is 11.6. The van der Waals surface area contributed by atoms with E-state index < -0.39 is 0 Å². The quantitative estimate of drug-likeness (QED) is 0.834. The van der Waals surface area contributed by atoms with Crippen molar-refractivity contribution in [3.05, 3.63) is 53.6 Å². The Bertz CT molecular complexity index is 704. The van der Waals surface area contributed by atoms with Gasteiger partial charge in [-0.05, 0) is 36.4 Å². The summed E-state index contributed by atoms with van der Waals surface area (Å²) in [5.41, 5.74) is 0. The van der Waals surface area contributed by atoms with Crippen LogP contribution in [0.5, 0.6) is 17.2 Å². The maximum absolute atomic E-state index is 12.2. The molecule has 1 heterocycles. The molecule has 0 saturated carbocycles. The molecule has 0 fully saturated rings. The number of fused-ring (bicyclic) bond motifs is 1. The number of carbonyl (C=O) groups is 1. The molecule has 1 amide bonds. The van der Waals surface area contributed by atoms with Crippen LogP contribution in [0.25, 0.3) is 0 Å². The van der Waals surface area contributed by atoms with E-state index in [0.29, 0.717) is 29.7 Å². The van der Waals surface area contributed by atoms with Gasteiger partial charge in [0, 0.05) is 12.1 Å². The summed E-state index contributed by atoms with van der Waals surface area (Å²) in [6, 6.07) is 14.4. The first-order valence-corrected chi connectivity index (χ1v) is 8.00. The number of halogens is 1. The lowest BCUT2D eigenvalue weighted by molar-refractivity contribution is -0.133. The highest BCUT2D eigenvalue weighted by atomic mass is 35.5. The molecule has 1 unspecified atom stereocenters. The highest BCUT2D eigenvalue weighted by Gasteiger charge is 2.23. The van der Waals surface area contributed by atoms with E-state index in [1.807, 2.05) is 24.3 Å². The highest BCUT2D eigenvalue weighted by molar-refractivity contribution is 6.30. The fraction of sp³-hybridized carbons (Fsp3) is 0.278. The van der Waals surface area contributed by atoms with E-state index >= 15 is 0 Å². The van der Waals surface area contributed by atoms with Crippen molar-refractivity contribution in [1.29, 1.82) is 0 Å². The summed E-state index contributed by atoms with van der Waals surface area (Å²) in [6.45, 7) is 0.798. The van der Waals surface area contributed by atoms with Crippen LogP contribution in [0, 0.1) is 0 Å². The number of benzene rings is 2. The van der Waals surface area contributed by atoms with Crippen LogP contribution < -0.4 is 14.2 Å². The first-order valence-electron chi connectivity index (χ1n) is 7.62. The van der Waals surface area contributed by atoms with Crippen molar-refractivity contribution in [2.75, 3.05) is 26.8 Å². The largest absolute Gasteiger partial charge is 0.486 e. The number of hydrogen-bond acceptors (Lipinski definition) is 4. The molecule has 0 N–H and O–H groups in total. The lowest BCUT2D eigenvalue weighted by Crippen LogP contribution is -2.43. The van der Waals surface area contributed by atoms with Crippen LogP contribution in [0.4, 0.5) is 0 Å². The molecule has 0 bridgehead atoms. The maximum atomic E-state index is 12.2. The average molecular weight is 348 g/mol. The minimum atomic E-state index is -0.204. The zero-order valence-electron chi connectivity index (χ0n) is 13.3. The molecule has 3 rings (SSSR count). The van der Waals surface area contributed by atoms with E-state index in [-0.39, 0.29) is 18.6 Å². The lowest BCUT2D eigenvalue weighted by Gasteiger charge is -2.29. The van der Waals surface area contributed by atoms with Gasteiger partial charge in [0.2, 0.25) is 0 Å². The smallest absolute Gasteiger partial charge is 0.260 e. The van der Waals surface area contributed by atoms with Crippen molar-refractivity contribution in [3.63, 3.8) is 0 Å². The molecule has 0 spiro atoms. The molecule has 1 aliphatic heterocycles. The fourth-order valence-electron chi connectivity index (χ4n) is 2.35. The van der Waals surface area contributed by atoms with Crippen molar-refractivity contribution in [3.8, 4) is 17.2 Å². The molecule has 5 nitrogen and oxygen atoms in total. The summed E-state index contributed by atoms with van der Waals surface area (Å²) in [7, 11) is 1.72. The third kappa shape index (κ3) is 4.11. The summed E-state index contributed by atoms with van der Waals surface area (Å²) in [6.07, 6.45) is -0.204. The number of carbonyl (C=O) groups excluding carboxylic acids is 1. The van der Waals surface area contributed by atoms with E-state index in [1.165, 1.54) is 0 Å². The number of hydrogen-bond donors (Lipinski definition) is 0. The summed E-state index contributed by atoms with van der Waals surface area (Å²) in [5, 5.41) is 0.625. The number of ether oxygens (including phenoxy) is 3. The van der Waals surface area contributed by atoms with Gasteiger partial charge >= 0.3 is 0 Å². The number of nitrogens with zero attached hydrogens (tertiary/aromatic N) is 1. The molecular formula is C18H18ClNO4. The second-order valence-electron chi connectivity index (χ2n) is 5.51. The zero-order valence-corrected chi connectivity index (χ0v) is 14.0. The second-order valence-corrected chi connectivity index (χ2v) is 5.95. The van der Waals surface area contributed by atoms with Crippen molar-refractivity contribution >= 4 is 17.5 Å². The van der Waals surface area contributed by atoms with Crippen molar-refractivity contribution in [2.24, 2.45) is 0 Å². The Morgan fingerprint density at radius 1 is 1.21 bits per heavy atom. The Kier molecular flexibility index (Phi) is 5.11. The van der Waals surface area contributed by atoms with Gasteiger partial charge in [0.25, 0.3) is 5.91 Å². The first kappa shape index (κ1) is 16.5. The molecule has 0 radical (unpaired) electrons. The second kappa shape index (κ2) is 7.45. The standard InChI is InChI=1S/C18H18ClNO4/c1-20(18(21)12-22-14-8-6-13(19)7-9-14)10-15-11-23-16-4-2-3-5-17(16)24-15/h2-9,15H,10-12H2,1H3. The number of rotatable bonds is 5. The molecule has 6 heteroatoms. The monoisotopic (exact) mass is 347 g/mol.